The highest BCUT2D eigenvalue weighted by molar-refractivity contribution is 6.30. The highest BCUT2D eigenvalue weighted by atomic mass is 35.5. The molecule has 2 aromatic rings. The first-order chi connectivity index (χ1) is 9.51. The molecule has 0 radical (unpaired) electrons. The minimum absolute atomic E-state index is 0.127. The normalized spacial score (nSPS) is 10.3. The van der Waals surface area contributed by atoms with E-state index in [-0.39, 0.29) is 11.6 Å². The summed E-state index contributed by atoms with van der Waals surface area (Å²) in [7, 11) is 0. The first-order valence-electron chi connectivity index (χ1n) is 5.47. The minimum Gasteiger partial charge on any atom is -0.457 e. The molecule has 0 fully saturated rings. The quantitative estimate of drug-likeness (QED) is 0.457. The number of hydrogen-bond acceptors (Lipinski definition) is 3. The molecule has 4 nitrogen and oxygen atoms in total. The summed E-state index contributed by atoms with van der Waals surface area (Å²) in [4.78, 5) is 9.72. The Morgan fingerprint density at radius 1 is 1.25 bits per heavy atom. The highest BCUT2D eigenvalue weighted by Crippen LogP contribution is 2.31. The number of rotatable bonds is 4. The van der Waals surface area contributed by atoms with Gasteiger partial charge < -0.3 is 4.74 Å². The summed E-state index contributed by atoms with van der Waals surface area (Å²) >= 11 is 11.6. The Kier molecular flexibility index (Phi) is 4.42. The van der Waals surface area contributed by atoms with Crippen molar-refractivity contribution in [3.63, 3.8) is 0 Å². The third-order valence-electron chi connectivity index (χ3n) is 2.52. The van der Waals surface area contributed by atoms with E-state index >= 15 is 0 Å². The zero-order valence-electron chi connectivity index (χ0n) is 9.98. The van der Waals surface area contributed by atoms with Crippen LogP contribution in [0.25, 0.3) is 0 Å². The SMILES string of the molecule is O=[N+]([O-])c1ccc(Oc2cc(Cl)ccc2CCl)cc1F. The molecule has 0 aliphatic rings. The third kappa shape index (κ3) is 3.18. The molecule has 0 aliphatic heterocycles. The average Bonchev–Trinajstić information content (AvgIpc) is 2.38. The van der Waals surface area contributed by atoms with E-state index < -0.39 is 16.4 Å². The summed E-state index contributed by atoms with van der Waals surface area (Å²) in [6, 6.07) is 8.17. The van der Waals surface area contributed by atoms with Crippen LogP contribution >= 0.6 is 23.2 Å². The van der Waals surface area contributed by atoms with Gasteiger partial charge in [0.1, 0.15) is 11.5 Å². The van der Waals surface area contributed by atoms with E-state index in [0.717, 1.165) is 12.1 Å². The van der Waals surface area contributed by atoms with Crippen LogP contribution in [-0.2, 0) is 5.88 Å². The number of nitrogens with zero attached hydrogens (tertiary/aromatic N) is 1. The monoisotopic (exact) mass is 315 g/mol. The van der Waals surface area contributed by atoms with Gasteiger partial charge in [0.2, 0.25) is 5.82 Å². The third-order valence-corrected chi connectivity index (χ3v) is 3.04. The van der Waals surface area contributed by atoms with Crippen LogP contribution in [0.3, 0.4) is 0 Å². The number of alkyl halides is 1. The minimum atomic E-state index is -0.970. The molecule has 0 N–H and O–H groups in total. The summed E-state index contributed by atoms with van der Waals surface area (Å²) in [5.74, 6) is -0.272. The van der Waals surface area contributed by atoms with Crippen molar-refractivity contribution in [2.24, 2.45) is 0 Å². The largest absolute Gasteiger partial charge is 0.457 e. The molecule has 0 atom stereocenters. The van der Waals surface area contributed by atoms with Crippen LogP contribution in [0.5, 0.6) is 11.5 Å². The molecule has 0 saturated carbocycles. The Hall–Kier alpha value is -1.85. The lowest BCUT2D eigenvalue weighted by molar-refractivity contribution is -0.387. The molecule has 0 amide bonds. The van der Waals surface area contributed by atoms with E-state index in [4.69, 9.17) is 27.9 Å². The Bertz CT molecular complexity index is 664. The standard InChI is InChI=1S/C13H8Cl2FNO3/c14-7-8-1-2-9(15)5-13(8)20-10-3-4-12(17(18)19)11(16)6-10/h1-6H,7H2. The predicted octanol–water partition coefficient (Wildman–Crippen LogP) is 4.92. The van der Waals surface area contributed by atoms with Gasteiger partial charge in [-0.05, 0) is 18.2 Å². The van der Waals surface area contributed by atoms with Gasteiger partial charge in [0, 0.05) is 22.7 Å². The molecule has 0 aromatic heterocycles. The van der Waals surface area contributed by atoms with E-state index in [1.54, 1.807) is 18.2 Å². The van der Waals surface area contributed by atoms with Crippen molar-refractivity contribution in [3.05, 3.63) is 62.9 Å². The van der Waals surface area contributed by atoms with Gasteiger partial charge in [-0.1, -0.05) is 17.7 Å². The molecule has 0 heterocycles. The smallest absolute Gasteiger partial charge is 0.305 e. The fraction of sp³-hybridized carbons (Fsp3) is 0.0769. The van der Waals surface area contributed by atoms with Crippen molar-refractivity contribution in [1.82, 2.24) is 0 Å². The number of ether oxygens (including phenoxy) is 1. The lowest BCUT2D eigenvalue weighted by Gasteiger charge is -2.10. The molecular formula is C13H8Cl2FNO3. The number of halogens is 3. The predicted molar refractivity (Wildman–Crippen MR) is 74.1 cm³/mol. The van der Waals surface area contributed by atoms with Crippen molar-refractivity contribution in [2.45, 2.75) is 5.88 Å². The number of hydrogen-bond donors (Lipinski definition) is 0. The Labute approximate surface area is 123 Å². The van der Waals surface area contributed by atoms with E-state index in [0.29, 0.717) is 16.3 Å². The Morgan fingerprint density at radius 2 is 2.00 bits per heavy atom. The van der Waals surface area contributed by atoms with Gasteiger partial charge in [-0.25, -0.2) is 0 Å². The number of benzene rings is 2. The fourth-order valence-electron chi connectivity index (χ4n) is 1.56. The van der Waals surface area contributed by atoms with Crippen LogP contribution in [0.15, 0.2) is 36.4 Å². The molecule has 0 unspecified atom stereocenters. The zero-order valence-corrected chi connectivity index (χ0v) is 11.5. The van der Waals surface area contributed by atoms with E-state index in [2.05, 4.69) is 0 Å². The summed E-state index contributed by atoms with van der Waals surface area (Å²) in [5.41, 5.74) is 0.0656. The van der Waals surface area contributed by atoms with Gasteiger partial charge in [0.15, 0.2) is 0 Å². The average molecular weight is 316 g/mol. The number of nitro benzene ring substituents is 1. The van der Waals surface area contributed by atoms with Crippen LogP contribution in [0.4, 0.5) is 10.1 Å². The van der Waals surface area contributed by atoms with Crippen LogP contribution in [0.1, 0.15) is 5.56 Å². The van der Waals surface area contributed by atoms with Gasteiger partial charge in [-0.15, -0.1) is 11.6 Å². The second-order valence-corrected chi connectivity index (χ2v) is 4.56. The Balaban J connectivity index is 2.33. The lowest BCUT2D eigenvalue weighted by Crippen LogP contribution is -1.94. The van der Waals surface area contributed by atoms with Crippen LogP contribution in [0.2, 0.25) is 5.02 Å². The van der Waals surface area contributed by atoms with E-state index in [9.17, 15) is 14.5 Å². The zero-order chi connectivity index (χ0) is 14.7. The molecule has 2 aromatic carbocycles. The van der Waals surface area contributed by atoms with E-state index in [1.165, 1.54) is 6.07 Å². The molecule has 0 bridgehead atoms. The van der Waals surface area contributed by atoms with Crippen molar-refractivity contribution in [1.29, 1.82) is 0 Å². The second kappa shape index (κ2) is 6.07. The van der Waals surface area contributed by atoms with Crippen LogP contribution in [0, 0.1) is 15.9 Å². The molecule has 0 spiro atoms. The summed E-state index contributed by atoms with van der Waals surface area (Å²) in [6.45, 7) is 0. The van der Waals surface area contributed by atoms with Crippen molar-refractivity contribution in [3.8, 4) is 11.5 Å². The van der Waals surface area contributed by atoms with Gasteiger partial charge >= 0.3 is 5.69 Å². The maximum absolute atomic E-state index is 13.5. The maximum Gasteiger partial charge on any atom is 0.305 e. The topological polar surface area (TPSA) is 52.4 Å². The van der Waals surface area contributed by atoms with Crippen molar-refractivity contribution < 1.29 is 14.1 Å². The lowest BCUT2D eigenvalue weighted by atomic mass is 10.2. The maximum atomic E-state index is 13.5. The van der Waals surface area contributed by atoms with Gasteiger partial charge in [0.05, 0.1) is 10.8 Å². The molecule has 2 rings (SSSR count). The fourth-order valence-corrected chi connectivity index (χ4v) is 1.94. The second-order valence-electron chi connectivity index (χ2n) is 3.86. The molecule has 0 aliphatic carbocycles. The number of nitro groups is 1. The summed E-state index contributed by atoms with van der Waals surface area (Å²) in [5, 5.41) is 11.0. The van der Waals surface area contributed by atoms with E-state index in [1.807, 2.05) is 0 Å². The summed E-state index contributed by atoms with van der Waals surface area (Å²) in [6.07, 6.45) is 0. The molecular weight excluding hydrogens is 308 g/mol. The first kappa shape index (κ1) is 14.6. The molecule has 20 heavy (non-hydrogen) atoms. The summed E-state index contributed by atoms with van der Waals surface area (Å²) < 4.78 is 19.0. The van der Waals surface area contributed by atoms with Crippen molar-refractivity contribution in [2.75, 3.05) is 0 Å². The molecule has 0 saturated heterocycles. The van der Waals surface area contributed by atoms with Gasteiger partial charge in [-0.3, -0.25) is 10.1 Å². The van der Waals surface area contributed by atoms with Gasteiger partial charge in [0.25, 0.3) is 0 Å². The van der Waals surface area contributed by atoms with Crippen LogP contribution < -0.4 is 4.74 Å². The Morgan fingerprint density at radius 3 is 2.60 bits per heavy atom. The molecule has 7 heteroatoms. The van der Waals surface area contributed by atoms with Crippen LogP contribution in [-0.4, -0.2) is 4.92 Å². The highest BCUT2D eigenvalue weighted by Gasteiger charge is 2.15. The first-order valence-corrected chi connectivity index (χ1v) is 6.38. The molecule has 104 valence electrons. The van der Waals surface area contributed by atoms with Crippen molar-refractivity contribution >= 4 is 28.9 Å². The van der Waals surface area contributed by atoms with Gasteiger partial charge in [-0.2, -0.15) is 4.39 Å².